The van der Waals surface area contributed by atoms with Crippen molar-refractivity contribution in [2.45, 2.75) is 0 Å². The summed E-state index contributed by atoms with van der Waals surface area (Å²) in [6.45, 7) is 0. The molecule has 0 saturated carbocycles. The quantitative estimate of drug-likeness (QED) is 0.387. The van der Waals surface area contributed by atoms with Gasteiger partial charge in [0.15, 0.2) is 0 Å². The summed E-state index contributed by atoms with van der Waals surface area (Å²) in [6.07, 6.45) is 1.56. The van der Waals surface area contributed by atoms with Crippen LogP contribution in [0.1, 0.15) is 15.9 Å². The monoisotopic (exact) mass is 416 g/mol. The number of rotatable bonds is 3. The molecule has 4 nitrogen and oxygen atoms in total. The number of amides is 1. The number of aromatic hydroxyl groups is 1. The smallest absolute Gasteiger partial charge is 0.275 e. The van der Waals surface area contributed by atoms with Crippen molar-refractivity contribution in [3.05, 3.63) is 75.4 Å². The Bertz CT molecular complexity index is 889. The number of carbonyl (C=O) groups excluding carboxylic acids is 1. The Morgan fingerprint density at radius 1 is 1.04 bits per heavy atom. The minimum absolute atomic E-state index is 0.0642. The normalized spacial score (nSPS) is 11.0. The van der Waals surface area contributed by atoms with Crippen LogP contribution >= 0.6 is 22.6 Å². The molecule has 0 saturated heterocycles. The SMILES string of the molecule is O=C(NN=Cc1ccc(I)cc1)c1cc2ccccc2cc1O. The lowest BCUT2D eigenvalue weighted by Crippen LogP contribution is -2.17. The van der Waals surface area contributed by atoms with Gasteiger partial charge in [0.05, 0.1) is 11.8 Å². The lowest BCUT2D eigenvalue weighted by Gasteiger charge is -2.05. The molecule has 2 N–H and O–H groups in total. The van der Waals surface area contributed by atoms with Gasteiger partial charge in [-0.2, -0.15) is 5.10 Å². The predicted molar refractivity (Wildman–Crippen MR) is 99.8 cm³/mol. The highest BCUT2D eigenvalue weighted by molar-refractivity contribution is 14.1. The van der Waals surface area contributed by atoms with E-state index >= 15 is 0 Å². The van der Waals surface area contributed by atoms with Crippen LogP contribution in [0.2, 0.25) is 0 Å². The van der Waals surface area contributed by atoms with Gasteiger partial charge in [-0.05, 0) is 63.2 Å². The highest BCUT2D eigenvalue weighted by atomic mass is 127. The average Bonchev–Trinajstić information content (AvgIpc) is 2.56. The number of hydrogen-bond donors (Lipinski definition) is 2. The molecule has 3 rings (SSSR count). The zero-order valence-electron chi connectivity index (χ0n) is 12.0. The summed E-state index contributed by atoms with van der Waals surface area (Å²) in [5.41, 5.74) is 3.52. The van der Waals surface area contributed by atoms with E-state index in [9.17, 15) is 9.90 Å². The summed E-state index contributed by atoms with van der Waals surface area (Å²) in [5, 5.41) is 15.7. The molecule has 0 radical (unpaired) electrons. The molecule has 0 bridgehead atoms. The Balaban J connectivity index is 1.78. The number of hydrazone groups is 1. The van der Waals surface area contributed by atoms with Crippen molar-refractivity contribution < 1.29 is 9.90 Å². The maximum Gasteiger partial charge on any atom is 0.275 e. The Hall–Kier alpha value is -2.41. The van der Waals surface area contributed by atoms with E-state index in [1.54, 1.807) is 18.3 Å². The first-order chi connectivity index (χ1) is 11.1. The number of nitrogens with one attached hydrogen (secondary N) is 1. The number of carbonyl (C=O) groups is 1. The summed E-state index contributed by atoms with van der Waals surface area (Å²) in [4.78, 5) is 12.2. The molecule has 0 spiro atoms. The molecular weight excluding hydrogens is 403 g/mol. The zero-order valence-corrected chi connectivity index (χ0v) is 14.2. The maximum absolute atomic E-state index is 12.2. The number of fused-ring (bicyclic) bond motifs is 1. The van der Waals surface area contributed by atoms with Crippen LogP contribution in [0.5, 0.6) is 5.75 Å². The second kappa shape index (κ2) is 6.78. The molecule has 0 aliphatic rings. The summed E-state index contributed by atoms with van der Waals surface area (Å²) in [7, 11) is 0. The third kappa shape index (κ3) is 3.68. The highest BCUT2D eigenvalue weighted by Crippen LogP contribution is 2.24. The van der Waals surface area contributed by atoms with Crippen LogP contribution in [-0.4, -0.2) is 17.2 Å². The average molecular weight is 416 g/mol. The standard InChI is InChI=1S/C18H13IN2O2/c19-15-7-5-12(6-8-15)11-20-21-18(23)16-9-13-3-1-2-4-14(13)10-17(16)22/h1-11,22H,(H,21,23). The van der Waals surface area contributed by atoms with Crippen LogP contribution in [0.3, 0.4) is 0 Å². The largest absolute Gasteiger partial charge is 0.507 e. The molecular formula is C18H13IN2O2. The van der Waals surface area contributed by atoms with Gasteiger partial charge in [-0.3, -0.25) is 4.79 Å². The number of hydrogen-bond acceptors (Lipinski definition) is 3. The molecule has 0 fully saturated rings. The van der Waals surface area contributed by atoms with E-state index < -0.39 is 5.91 Å². The van der Waals surface area contributed by atoms with Crippen molar-refractivity contribution in [3.63, 3.8) is 0 Å². The third-order valence-electron chi connectivity index (χ3n) is 3.36. The molecule has 0 atom stereocenters. The Morgan fingerprint density at radius 2 is 1.70 bits per heavy atom. The maximum atomic E-state index is 12.2. The molecule has 0 aromatic heterocycles. The van der Waals surface area contributed by atoms with E-state index in [0.29, 0.717) is 0 Å². The first kappa shape index (κ1) is 15.5. The first-order valence-corrected chi connectivity index (χ1v) is 8.02. The van der Waals surface area contributed by atoms with Gasteiger partial charge in [-0.1, -0.05) is 36.4 Å². The second-order valence-electron chi connectivity index (χ2n) is 4.97. The minimum Gasteiger partial charge on any atom is -0.507 e. The second-order valence-corrected chi connectivity index (χ2v) is 6.21. The fraction of sp³-hybridized carbons (Fsp3) is 0. The summed E-state index contributed by atoms with van der Waals surface area (Å²) in [6, 6.07) is 18.5. The van der Waals surface area contributed by atoms with Gasteiger partial charge >= 0.3 is 0 Å². The van der Waals surface area contributed by atoms with Gasteiger partial charge in [-0.15, -0.1) is 0 Å². The number of phenols is 1. The van der Waals surface area contributed by atoms with Gasteiger partial charge in [0.25, 0.3) is 5.91 Å². The van der Waals surface area contributed by atoms with Crippen molar-refractivity contribution in [1.29, 1.82) is 0 Å². The molecule has 5 heteroatoms. The predicted octanol–water partition coefficient (Wildman–Crippen LogP) is 3.91. The van der Waals surface area contributed by atoms with Gasteiger partial charge in [0, 0.05) is 3.57 Å². The van der Waals surface area contributed by atoms with Gasteiger partial charge in [0.2, 0.25) is 0 Å². The lowest BCUT2D eigenvalue weighted by atomic mass is 10.1. The van der Waals surface area contributed by atoms with Gasteiger partial charge in [0.1, 0.15) is 5.75 Å². The molecule has 114 valence electrons. The molecule has 3 aromatic carbocycles. The van der Waals surface area contributed by atoms with Crippen LogP contribution in [0.25, 0.3) is 10.8 Å². The summed E-state index contributed by atoms with van der Waals surface area (Å²) in [5.74, 6) is -0.513. The van der Waals surface area contributed by atoms with Crippen molar-refractivity contribution >= 4 is 45.5 Å². The van der Waals surface area contributed by atoms with Crippen LogP contribution in [-0.2, 0) is 0 Å². The first-order valence-electron chi connectivity index (χ1n) is 6.94. The molecule has 1 amide bonds. The fourth-order valence-corrected chi connectivity index (χ4v) is 2.54. The number of benzene rings is 3. The molecule has 0 unspecified atom stereocenters. The topological polar surface area (TPSA) is 61.7 Å². The number of halogens is 1. The van der Waals surface area contributed by atoms with E-state index in [0.717, 1.165) is 19.9 Å². The summed E-state index contributed by atoms with van der Waals surface area (Å²) >= 11 is 2.22. The van der Waals surface area contributed by atoms with Crippen LogP contribution < -0.4 is 5.43 Å². The van der Waals surface area contributed by atoms with Crippen molar-refractivity contribution in [1.82, 2.24) is 5.43 Å². The highest BCUT2D eigenvalue weighted by Gasteiger charge is 2.11. The lowest BCUT2D eigenvalue weighted by molar-refractivity contribution is 0.0952. The van der Waals surface area contributed by atoms with E-state index in [1.165, 1.54) is 0 Å². The third-order valence-corrected chi connectivity index (χ3v) is 4.08. The molecule has 3 aromatic rings. The van der Waals surface area contributed by atoms with Crippen molar-refractivity contribution in [2.24, 2.45) is 5.10 Å². The Morgan fingerprint density at radius 3 is 2.39 bits per heavy atom. The van der Waals surface area contributed by atoms with Crippen LogP contribution in [0.15, 0.2) is 65.8 Å². The van der Waals surface area contributed by atoms with Crippen LogP contribution in [0.4, 0.5) is 0 Å². The number of phenolic OH excluding ortho intramolecular Hbond substituents is 1. The fourth-order valence-electron chi connectivity index (χ4n) is 2.18. The molecule has 23 heavy (non-hydrogen) atoms. The molecule has 0 aliphatic carbocycles. The van der Waals surface area contributed by atoms with E-state index in [-0.39, 0.29) is 11.3 Å². The van der Waals surface area contributed by atoms with E-state index in [2.05, 4.69) is 33.1 Å². The van der Waals surface area contributed by atoms with Crippen molar-refractivity contribution in [3.8, 4) is 5.75 Å². The summed E-state index contributed by atoms with van der Waals surface area (Å²) < 4.78 is 1.13. The zero-order chi connectivity index (χ0) is 16.2. The van der Waals surface area contributed by atoms with Crippen LogP contribution in [0, 0.1) is 3.57 Å². The van der Waals surface area contributed by atoms with E-state index in [1.807, 2.05) is 48.5 Å². The van der Waals surface area contributed by atoms with Crippen molar-refractivity contribution in [2.75, 3.05) is 0 Å². The number of nitrogens with zero attached hydrogens (tertiary/aromatic N) is 1. The molecule has 0 heterocycles. The van der Waals surface area contributed by atoms with Gasteiger partial charge in [-0.25, -0.2) is 5.43 Å². The Labute approximate surface area is 147 Å². The van der Waals surface area contributed by atoms with E-state index in [4.69, 9.17) is 0 Å². The van der Waals surface area contributed by atoms with Gasteiger partial charge < -0.3 is 5.11 Å². The minimum atomic E-state index is -0.449. The molecule has 0 aliphatic heterocycles. The Kier molecular flexibility index (Phi) is 4.57.